The van der Waals surface area contributed by atoms with Gasteiger partial charge in [0.15, 0.2) is 5.65 Å². The van der Waals surface area contributed by atoms with Crippen LogP contribution in [0.1, 0.15) is 63.8 Å². The molecular formula is C19H30N4. The van der Waals surface area contributed by atoms with Gasteiger partial charge in [-0.25, -0.2) is 9.97 Å². The summed E-state index contributed by atoms with van der Waals surface area (Å²) in [5, 5.41) is 0. The Bertz CT molecular complexity index is 660. The van der Waals surface area contributed by atoms with Gasteiger partial charge < -0.3 is 10.3 Å². The van der Waals surface area contributed by atoms with Gasteiger partial charge in [0.05, 0.1) is 0 Å². The van der Waals surface area contributed by atoms with Gasteiger partial charge in [0, 0.05) is 24.7 Å². The highest BCUT2D eigenvalue weighted by atomic mass is 15.1. The minimum Gasteiger partial charge on any atom is -0.324 e. The van der Waals surface area contributed by atoms with Crippen molar-refractivity contribution in [3.05, 3.63) is 23.7 Å². The third-order valence-electron chi connectivity index (χ3n) is 4.87. The Kier molecular flexibility index (Phi) is 4.72. The van der Waals surface area contributed by atoms with Gasteiger partial charge in [-0.1, -0.05) is 32.1 Å². The molecule has 1 aliphatic rings. The third kappa shape index (κ3) is 4.11. The van der Waals surface area contributed by atoms with Crippen LogP contribution in [-0.4, -0.2) is 20.1 Å². The van der Waals surface area contributed by atoms with E-state index in [-0.39, 0.29) is 5.54 Å². The first kappa shape index (κ1) is 16.4. The summed E-state index contributed by atoms with van der Waals surface area (Å²) in [6.07, 6.45) is 11.2. The van der Waals surface area contributed by atoms with Crippen molar-refractivity contribution < 1.29 is 0 Å². The third-order valence-corrected chi connectivity index (χ3v) is 4.87. The zero-order chi connectivity index (χ0) is 16.4. The number of pyridine rings is 1. The van der Waals surface area contributed by atoms with Crippen LogP contribution < -0.4 is 5.73 Å². The van der Waals surface area contributed by atoms with E-state index in [0.29, 0.717) is 0 Å². The highest BCUT2D eigenvalue weighted by molar-refractivity contribution is 5.72. The molecule has 4 heteroatoms. The number of rotatable bonds is 5. The Morgan fingerprint density at radius 2 is 2.00 bits per heavy atom. The molecule has 0 atom stereocenters. The number of hydrogen-bond acceptors (Lipinski definition) is 3. The predicted octanol–water partition coefficient (Wildman–Crippen LogP) is 3.99. The standard InChI is InChI=1S/C19H30N4/c1-14-11-16-18(21-12-14)23(13-19(2,3)20)17(22-16)10-9-15-7-5-4-6-8-15/h11-12,15H,4-10,13,20H2,1-3H3. The fraction of sp³-hybridized carbons (Fsp3) is 0.684. The molecule has 4 nitrogen and oxygen atoms in total. The zero-order valence-electron chi connectivity index (χ0n) is 14.8. The van der Waals surface area contributed by atoms with Crippen LogP contribution in [0.25, 0.3) is 11.2 Å². The fourth-order valence-corrected chi connectivity index (χ4v) is 3.73. The lowest BCUT2D eigenvalue weighted by Gasteiger charge is -2.23. The molecule has 0 spiro atoms. The van der Waals surface area contributed by atoms with E-state index in [0.717, 1.165) is 41.4 Å². The average Bonchev–Trinajstić information content (AvgIpc) is 2.81. The van der Waals surface area contributed by atoms with Gasteiger partial charge in [-0.2, -0.15) is 0 Å². The van der Waals surface area contributed by atoms with Gasteiger partial charge in [0.25, 0.3) is 0 Å². The Balaban J connectivity index is 1.85. The van der Waals surface area contributed by atoms with Gasteiger partial charge >= 0.3 is 0 Å². The molecule has 126 valence electrons. The molecular weight excluding hydrogens is 284 g/mol. The van der Waals surface area contributed by atoms with E-state index in [1.807, 2.05) is 6.20 Å². The molecule has 3 rings (SSSR count). The van der Waals surface area contributed by atoms with Crippen molar-refractivity contribution in [1.29, 1.82) is 0 Å². The van der Waals surface area contributed by atoms with Crippen molar-refractivity contribution in [3.8, 4) is 0 Å². The highest BCUT2D eigenvalue weighted by Crippen LogP contribution is 2.28. The number of aryl methyl sites for hydroxylation is 2. The lowest BCUT2D eigenvalue weighted by molar-refractivity contribution is 0.334. The largest absolute Gasteiger partial charge is 0.324 e. The first-order valence-corrected chi connectivity index (χ1v) is 9.03. The first-order chi connectivity index (χ1) is 10.9. The summed E-state index contributed by atoms with van der Waals surface area (Å²) in [5.74, 6) is 2.03. The number of nitrogens with zero attached hydrogens (tertiary/aromatic N) is 3. The average molecular weight is 314 g/mol. The normalized spacial score (nSPS) is 17.0. The van der Waals surface area contributed by atoms with Crippen molar-refractivity contribution in [2.75, 3.05) is 0 Å². The number of aromatic nitrogens is 3. The lowest BCUT2D eigenvalue weighted by Crippen LogP contribution is -2.37. The topological polar surface area (TPSA) is 56.7 Å². The van der Waals surface area contributed by atoms with Crippen molar-refractivity contribution in [2.45, 2.75) is 77.8 Å². The molecule has 0 aliphatic heterocycles. The van der Waals surface area contributed by atoms with E-state index in [9.17, 15) is 0 Å². The minimum atomic E-state index is -0.264. The van der Waals surface area contributed by atoms with Gasteiger partial charge in [0.2, 0.25) is 0 Å². The molecule has 0 saturated heterocycles. The second kappa shape index (κ2) is 6.60. The summed E-state index contributed by atoms with van der Waals surface area (Å²) in [7, 11) is 0. The summed E-state index contributed by atoms with van der Waals surface area (Å²) < 4.78 is 2.25. The summed E-state index contributed by atoms with van der Waals surface area (Å²) in [5.41, 5.74) is 9.16. The molecule has 2 aromatic heterocycles. The van der Waals surface area contributed by atoms with Crippen molar-refractivity contribution in [2.24, 2.45) is 11.7 Å². The Morgan fingerprint density at radius 1 is 1.26 bits per heavy atom. The van der Waals surface area contributed by atoms with E-state index in [4.69, 9.17) is 10.7 Å². The van der Waals surface area contributed by atoms with E-state index in [1.54, 1.807) is 0 Å². The molecule has 2 N–H and O–H groups in total. The van der Waals surface area contributed by atoms with Crippen LogP contribution in [0.15, 0.2) is 12.3 Å². The molecule has 1 fully saturated rings. The minimum absolute atomic E-state index is 0.264. The summed E-state index contributed by atoms with van der Waals surface area (Å²) >= 11 is 0. The molecule has 2 heterocycles. The number of nitrogens with two attached hydrogens (primary N) is 1. The first-order valence-electron chi connectivity index (χ1n) is 9.03. The van der Waals surface area contributed by atoms with Crippen LogP contribution in [-0.2, 0) is 13.0 Å². The quantitative estimate of drug-likeness (QED) is 0.908. The molecule has 2 aromatic rings. The molecule has 1 aliphatic carbocycles. The van der Waals surface area contributed by atoms with Gasteiger partial charge in [-0.05, 0) is 44.7 Å². The fourth-order valence-electron chi connectivity index (χ4n) is 3.73. The predicted molar refractivity (Wildman–Crippen MR) is 95.4 cm³/mol. The van der Waals surface area contributed by atoms with Crippen molar-refractivity contribution >= 4 is 11.2 Å². The maximum absolute atomic E-state index is 6.28. The summed E-state index contributed by atoms with van der Waals surface area (Å²) in [6.45, 7) is 6.97. The molecule has 1 saturated carbocycles. The Morgan fingerprint density at radius 3 is 2.70 bits per heavy atom. The van der Waals surface area contributed by atoms with Crippen molar-refractivity contribution in [3.63, 3.8) is 0 Å². The highest BCUT2D eigenvalue weighted by Gasteiger charge is 2.20. The second-order valence-corrected chi connectivity index (χ2v) is 8.00. The van der Waals surface area contributed by atoms with Crippen LogP contribution in [0.3, 0.4) is 0 Å². The van der Waals surface area contributed by atoms with E-state index >= 15 is 0 Å². The number of imidazole rings is 1. The smallest absolute Gasteiger partial charge is 0.160 e. The SMILES string of the molecule is Cc1cnc2c(c1)nc(CCC1CCCCC1)n2CC(C)(C)N. The van der Waals surface area contributed by atoms with Crippen LogP contribution in [0, 0.1) is 12.8 Å². The monoisotopic (exact) mass is 314 g/mol. The molecule has 0 unspecified atom stereocenters. The molecule has 0 radical (unpaired) electrons. The Labute approximate surface area is 139 Å². The van der Waals surface area contributed by atoms with Crippen molar-refractivity contribution in [1.82, 2.24) is 14.5 Å². The maximum atomic E-state index is 6.28. The number of fused-ring (bicyclic) bond motifs is 1. The molecule has 0 aromatic carbocycles. The van der Waals surface area contributed by atoms with Crippen LogP contribution in [0.5, 0.6) is 0 Å². The number of hydrogen-bond donors (Lipinski definition) is 1. The molecule has 0 amide bonds. The van der Waals surface area contributed by atoms with Crippen LogP contribution in [0.2, 0.25) is 0 Å². The summed E-state index contributed by atoms with van der Waals surface area (Å²) in [4.78, 5) is 9.51. The zero-order valence-corrected chi connectivity index (χ0v) is 14.8. The van der Waals surface area contributed by atoms with Gasteiger partial charge in [-0.15, -0.1) is 0 Å². The van der Waals surface area contributed by atoms with Gasteiger partial charge in [-0.3, -0.25) is 0 Å². The van der Waals surface area contributed by atoms with Crippen LogP contribution in [0.4, 0.5) is 0 Å². The van der Waals surface area contributed by atoms with Gasteiger partial charge in [0.1, 0.15) is 11.3 Å². The lowest BCUT2D eigenvalue weighted by atomic mass is 9.86. The van der Waals surface area contributed by atoms with Crippen LogP contribution >= 0.6 is 0 Å². The second-order valence-electron chi connectivity index (χ2n) is 8.00. The summed E-state index contributed by atoms with van der Waals surface area (Å²) in [6, 6.07) is 2.13. The maximum Gasteiger partial charge on any atom is 0.160 e. The van der Waals surface area contributed by atoms with E-state index in [1.165, 1.54) is 38.5 Å². The Hall–Kier alpha value is -1.42. The molecule has 23 heavy (non-hydrogen) atoms. The van der Waals surface area contributed by atoms with E-state index in [2.05, 4.69) is 36.4 Å². The van der Waals surface area contributed by atoms with E-state index < -0.39 is 0 Å². The molecule has 0 bridgehead atoms.